The number of nitrogens with one attached hydrogen (secondary N) is 1. The van der Waals surface area contributed by atoms with Gasteiger partial charge in [-0.2, -0.15) is 0 Å². The van der Waals surface area contributed by atoms with Gasteiger partial charge in [0.2, 0.25) is 11.8 Å². The SMILES string of the molecule is CCCNC(=O)[C@@H](C)N(Cc1ccc(OC)cc1)C(=O)CN(c1ccc(F)cc1)S(=O)(=O)c1ccc(C)cc1. The van der Waals surface area contributed by atoms with Crippen LogP contribution >= 0.6 is 0 Å². The number of amides is 2. The molecule has 0 saturated carbocycles. The molecule has 1 N–H and O–H groups in total. The van der Waals surface area contributed by atoms with Crippen LogP contribution < -0.4 is 14.4 Å². The fraction of sp³-hybridized carbons (Fsp3) is 0.310. The lowest BCUT2D eigenvalue weighted by atomic mass is 10.1. The molecule has 0 unspecified atom stereocenters. The number of aryl methyl sites for hydroxylation is 1. The Labute approximate surface area is 229 Å². The minimum Gasteiger partial charge on any atom is -0.497 e. The van der Waals surface area contributed by atoms with E-state index in [1.807, 2.05) is 13.8 Å². The molecule has 0 aromatic heterocycles. The van der Waals surface area contributed by atoms with Crippen LogP contribution in [0.3, 0.4) is 0 Å². The van der Waals surface area contributed by atoms with Crippen LogP contribution in [0.4, 0.5) is 10.1 Å². The lowest BCUT2D eigenvalue weighted by Gasteiger charge is -2.32. The smallest absolute Gasteiger partial charge is 0.264 e. The largest absolute Gasteiger partial charge is 0.497 e. The van der Waals surface area contributed by atoms with Crippen molar-refractivity contribution < 1.29 is 27.1 Å². The van der Waals surface area contributed by atoms with E-state index in [4.69, 9.17) is 4.74 Å². The van der Waals surface area contributed by atoms with Crippen molar-refractivity contribution in [1.29, 1.82) is 0 Å². The van der Waals surface area contributed by atoms with Crippen molar-refractivity contribution in [2.75, 3.05) is 24.5 Å². The number of benzene rings is 3. The van der Waals surface area contributed by atoms with Crippen molar-refractivity contribution in [2.45, 2.75) is 44.7 Å². The monoisotopic (exact) mass is 555 g/mol. The highest BCUT2D eigenvalue weighted by atomic mass is 32.2. The van der Waals surface area contributed by atoms with Gasteiger partial charge in [0.25, 0.3) is 10.0 Å². The van der Waals surface area contributed by atoms with Gasteiger partial charge in [0.1, 0.15) is 24.2 Å². The predicted molar refractivity (Wildman–Crippen MR) is 148 cm³/mol. The van der Waals surface area contributed by atoms with Gasteiger partial charge < -0.3 is 15.0 Å². The molecular formula is C29H34FN3O5S. The number of hydrogen-bond acceptors (Lipinski definition) is 5. The lowest BCUT2D eigenvalue weighted by Crippen LogP contribution is -2.51. The van der Waals surface area contributed by atoms with E-state index in [2.05, 4.69) is 5.32 Å². The highest BCUT2D eigenvalue weighted by molar-refractivity contribution is 7.92. The molecule has 0 radical (unpaired) electrons. The molecule has 0 aliphatic heterocycles. The number of rotatable bonds is 12. The Bertz CT molecular complexity index is 1360. The summed E-state index contributed by atoms with van der Waals surface area (Å²) in [6.45, 7) is 5.26. The number of carbonyl (C=O) groups excluding carboxylic acids is 2. The maximum absolute atomic E-state index is 13.8. The Morgan fingerprint density at radius 2 is 1.59 bits per heavy atom. The summed E-state index contributed by atoms with van der Waals surface area (Å²) in [6.07, 6.45) is 0.720. The number of carbonyl (C=O) groups is 2. The summed E-state index contributed by atoms with van der Waals surface area (Å²) in [5.41, 5.74) is 1.72. The van der Waals surface area contributed by atoms with Gasteiger partial charge in [0.15, 0.2) is 0 Å². The fourth-order valence-electron chi connectivity index (χ4n) is 3.88. The predicted octanol–water partition coefficient (Wildman–Crippen LogP) is 4.28. The molecule has 3 aromatic carbocycles. The van der Waals surface area contributed by atoms with E-state index in [1.165, 1.54) is 29.2 Å². The molecular weight excluding hydrogens is 521 g/mol. The number of ether oxygens (including phenoxy) is 1. The van der Waals surface area contributed by atoms with Crippen LogP contribution in [0.25, 0.3) is 0 Å². The number of hydrogen-bond donors (Lipinski definition) is 1. The molecule has 1 atom stereocenters. The molecule has 10 heteroatoms. The van der Waals surface area contributed by atoms with Gasteiger partial charge in [-0.05, 0) is 74.4 Å². The van der Waals surface area contributed by atoms with E-state index < -0.39 is 34.3 Å². The van der Waals surface area contributed by atoms with Crippen molar-refractivity contribution in [2.24, 2.45) is 0 Å². The molecule has 0 aliphatic carbocycles. The quantitative estimate of drug-likeness (QED) is 0.360. The first-order chi connectivity index (χ1) is 18.6. The minimum atomic E-state index is -4.21. The van der Waals surface area contributed by atoms with Gasteiger partial charge >= 0.3 is 0 Å². The number of sulfonamides is 1. The van der Waals surface area contributed by atoms with Crippen LogP contribution in [0, 0.1) is 12.7 Å². The molecule has 0 fully saturated rings. The first-order valence-electron chi connectivity index (χ1n) is 12.6. The number of anilines is 1. The van der Waals surface area contributed by atoms with Gasteiger partial charge in [-0.1, -0.05) is 36.8 Å². The van der Waals surface area contributed by atoms with Crippen molar-refractivity contribution >= 4 is 27.5 Å². The zero-order valence-electron chi connectivity index (χ0n) is 22.6. The zero-order chi connectivity index (χ0) is 28.6. The molecule has 0 bridgehead atoms. The molecule has 0 saturated heterocycles. The second-order valence-corrected chi connectivity index (χ2v) is 11.0. The average Bonchev–Trinajstić information content (AvgIpc) is 2.93. The maximum Gasteiger partial charge on any atom is 0.264 e. The molecule has 0 heterocycles. The van der Waals surface area contributed by atoms with Gasteiger partial charge in [-0.25, -0.2) is 12.8 Å². The molecule has 39 heavy (non-hydrogen) atoms. The zero-order valence-corrected chi connectivity index (χ0v) is 23.4. The summed E-state index contributed by atoms with van der Waals surface area (Å²) in [5, 5.41) is 2.80. The topological polar surface area (TPSA) is 96.0 Å². The Balaban J connectivity index is 2.00. The Hall–Kier alpha value is -3.92. The molecule has 3 rings (SSSR count). The summed E-state index contributed by atoms with van der Waals surface area (Å²) < 4.78 is 47.3. The third-order valence-corrected chi connectivity index (χ3v) is 8.02. The van der Waals surface area contributed by atoms with E-state index >= 15 is 0 Å². The Morgan fingerprint density at radius 3 is 2.15 bits per heavy atom. The van der Waals surface area contributed by atoms with Gasteiger partial charge in [0, 0.05) is 13.1 Å². The number of halogens is 1. The second kappa shape index (κ2) is 13.2. The maximum atomic E-state index is 13.8. The van der Waals surface area contributed by atoms with E-state index in [0.717, 1.165) is 34.0 Å². The van der Waals surface area contributed by atoms with Gasteiger partial charge in [-0.15, -0.1) is 0 Å². The highest BCUT2D eigenvalue weighted by Gasteiger charge is 2.32. The normalized spacial score (nSPS) is 11.9. The van der Waals surface area contributed by atoms with Crippen LogP contribution in [0.2, 0.25) is 0 Å². The van der Waals surface area contributed by atoms with Crippen LogP contribution in [0.1, 0.15) is 31.4 Å². The summed E-state index contributed by atoms with van der Waals surface area (Å²) >= 11 is 0. The van der Waals surface area contributed by atoms with Crippen LogP contribution in [-0.4, -0.2) is 51.4 Å². The van der Waals surface area contributed by atoms with Crippen molar-refractivity contribution in [3.05, 3.63) is 89.7 Å². The standard InChI is InChI=1S/C29H34FN3O5S/c1-5-18-31-29(35)22(3)32(19-23-8-14-26(38-4)15-9-23)28(34)20-33(25-12-10-24(30)11-13-25)39(36,37)27-16-6-21(2)7-17-27/h6-17,22H,5,18-20H2,1-4H3,(H,31,35)/t22-/m1/s1. The Kier molecular flexibility index (Phi) is 10.1. The van der Waals surface area contributed by atoms with Crippen molar-refractivity contribution in [3.8, 4) is 5.75 Å². The summed E-state index contributed by atoms with van der Waals surface area (Å²) in [6, 6.07) is 17.3. The van der Waals surface area contributed by atoms with Crippen molar-refractivity contribution in [1.82, 2.24) is 10.2 Å². The van der Waals surface area contributed by atoms with Crippen LogP contribution in [0.15, 0.2) is 77.7 Å². The molecule has 8 nitrogen and oxygen atoms in total. The fourth-order valence-corrected chi connectivity index (χ4v) is 5.29. The molecule has 0 aliphatic rings. The molecule has 208 valence electrons. The van der Waals surface area contributed by atoms with E-state index in [9.17, 15) is 22.4 Å². The molecule has 2 amide bonds. The van der Waals surface area contributed by atoms with Gasteiger partial charge in [-0.3, -0.25) is 13.9 Å². The van der Waals surface area contributed by atoms with Gasteiger partial charge in [0.05, 0.1) is 17.7 Å². The minimum absolute atomic E-state index is 0.0133. The van der Waals surface area contributed by atoms with E-state index in [-0.39, 0.29) is 23.0 Å². The summed E-state index contributed by atoms with van der Waals surface area (Å²) in [4.78, 5) is 28.0. The molecule has 3 aromatic rings. The second-order valence-electron chi connectivity index (χ2n) is 9.14. The Morgan fingerprint density at radius 1 is 0.974 bits per heavy atom. The summed E-state index contributed by atoms with van der Waals surface area (Å²) in [5.74, 6) is -0.851. The van der Waals surface area contributed by atoms with E-state index in [1.54, 1.807) is 50.4 Å². The van der Waals surface area contributed by atoms with E-state index in [0.29, 0.717) is 12.3 Å². The first kappa shape index (κ1) is 29.6. The third kappa shape index (κ3) is 7.57. The summed E-state index contributed by atoms with van der Waals surface area (Å²) in [7, 11) is -2.66. The number of methoxy groups -OCH3 is 1. The van der Waals surface area contributed by atoms with Crippen molar-refractivity contribution in [3.63, 3.8) is 0 Å². The average molecular weight is 556 g/mol. The third-order valence-electron chi connectivity index (χ3n) is 6.23. The first-order valence-corrected chi connectivity index (χ1v) is 14.1. The molecule has 0 spiro atoms. The van der Waals surface area contributed by atoms with Crippen LogP contribution in [0.5, 0.6) is 5.75 Å². The van der Waals surface area contributed by atoms with Crippen LogP contribution in [-0.2, 0) is 26.2 Å². The highest BCUT2D eigenvalue weighted by Crippen LogP contribution is 2.25. The number of nitrogens with zero attached hydrogens (tertiary/aromatic N) is 2. The lowest BCUT2D eigenvalue weighted by molar-refractivity contribution is -0.139.